The SMILES string of the molecule is C=CC(CCCC(=O)O)C(=O)O[C@H]1[C@@H](O)[C@H](n2cnc3c(N)ncnc32)O[C@@H]1CO. The third kappa shape index (κ3) is 4.25. The number of rotatable bonds is 9. The summed E-state index contributed by atoms with van der Waals surface area (Å²) in [6.07, 6.45) is -0.149. The Balaban J connectivity index is 1.75. The molecule has 1 saturated heterocycles. The van der Waals surface area contributed by atoms with Crippen molar-refractivity contribution in [3.63, 3.8) is 0 Å². The molecule has 2 aromatic heterocycles. The van der Waals surface area contributed by atoms with E-state index in [4.69, 9.17) is 20.3 Å². The van der Waals surface area contributed by atoms with Crippen LogP contribution < -0.4 is 5.73 Å². The van der Waals surface area contributed by atoms with Crippen LogP contribution in [0.4, 0.5) is 5.82 Å². The highest BCUT2D eigenvalue weighted by Gasteiger charge is 2.47. The van der Waals surface area contributed by atoms with E-state index in [-0.39, 0.29) is 25.1 Å². The van der Waals surface area contributed by atoms with Gasteiger partial charge in [-0.3, -0.25) is 14.2 Å². The average Bonchev–Trinajstić information content (AvgIpc) is 3.27. The Labute approximate surface area is 171 Å². The third-order valence-corrected chi connectivity index (χ3v) is 4.90. The predicted molar refractivity (Wildman–Crippen MR) is 102 cm³/mol. The summed E-state index contributed by atoms with van der Waals surface area (Å²) in [6.45, 7) is 3.07. The number of aliphatic hydroxyl groups excluding tert-OH is 2. The second-order valence-corrected chi connectivity index (χ2v) is 6.85. The Morgan fingerprint density at radius 1 is 1.40 bits per heavy atom. The summed E-state index contributed by atoms with van der Waals surface area (Å²) in [7, 11) is 0. The van der Waals surface area contributed by atoms with Gasteiger partial charge in [0, 0.05) is 6.42 Å². The molecule has 5 N–H and O–H groups in total. The Kier molecular flexibility index (Phi) is 6.59. The normalized spacial score (nSPS) is 24.6. The molecule has 12 heteroatoms. The van der Waals surface area contributed by atoms with Crippen LogP contribution in [-0.2, 0) is 19.1 Å². The van der Waals surface area contributed by atoms with E-state index < -0.39 is 49.0 Å². The summed E-state index contributed by atoms with van der Waals surface area (Å²) < 4.78 is 12.5. The molecule has 30 heavy (non-hydrogen) atoms. The van der Waals surface area contributed by atoms with Gasteiger partial charge in [-0.15, -0.1) is 6.58 Å². The largest absolute Gasteiger partial charge is 0.481 e. The van der Waals surface area contributed by atoms with Gasteiger partial charge in [0.05, 0.1) is 18.9 Å². The monoisotopic (exact) mass is 421 g/mol. The molecule has 0 aromatic carbocycles. The van der Waals surface area contributed by atoms with E-state index in [2.05, 4.69) is 21.5 Å². The molecule has 2 aromatic rings. The molecule has 0 bridgehead atoms. The molecule has 0 radical (unpaired) electrons. The van der Waals surface area contributed by atoms with Crippen molar-refractivity contribution in [1.29, 1.82) is 0 Å². The van der Waals surface area contributed by atoms with E-state index in [1.165, 1.54) is 23.3 Å². The molecule has 5 atom stereocenters. The maximum absolute atomic E-state index is 12.5. The zero-order chi connectivity index (χ0) is 21.8. The summed E-state index contributed by atoms with van der Waals surface area (Å²) in [4.78, 5) is 35.2. The van der Waals surface area contributed by atoms with Gasteiger partial charge < -0.3 is 30.5 Å². The van der Waals surface area contributed by atoms with Crippen molar-refractivity contribution in [1.82, 2.24) is 19.5 Å². The van der Waals surface area contributed by atoms with Gasteiger partial charge in [-0.05, 0) is 12.8 Å². The van der Waals surface area contributed by atoms with E-state index in [9.17, 15) is 19.8 Å². The molecule has 12 nitrogen and oxygen atoms in total. The van der Waals surface area contributed by atoms with E-state index >= 15 is 0 Å². The van der Waals surface area contributed by atoms with Crippen LogP contribution >= 0.6 is 0 Å². The number of nitrogen functional groups attached to an aromatic ring is 1. The molecule has 1 unspecified atom stereocenters. The van der Waals surface area contributed by atoms with Crippen LogP contribution in [0.25, 0.3) is 11.2 Å². The number of anilines is 1. The summed E-state index contributed by atoms with van der Waals surface area (Å²) in [5, 5.41) is 29.2. The zero-order valence-corrected chi connectivity index (χ0v) is 16.0. The minimum absolute atomic E-state index is 0.0905. The van der Waals surface area contributed by atoms with Gasteiger partial charge in [-0.2, -0.15) is 0 Å². The van der Waals surface area contributed by atoms with Crippen LogP contribution in [0.1, 0.15) is 25.5 Å². The zero-order valence-electron chi connectivity index (χ0n) is 16.0. The summed E-state index contributed by atoms with van der Waals surface area (Å²) >= 11 is 0. The molecule has 0 spiro atoms. The number of esters is 1. The Morgan fingerprint density at radius 3 is 2.83 bits per heavy atom. The molecular weight excluding hydrogens is 398 g/mol. The van der Waals surface area contributed by atoms with E-state index in [1.807, 2.05) is 0 Å². The van der Waals surface area contributed by atoms with Gasteiger partial charge in [0.1, 0.15) is 24.1 Å². The number of fused-ring (bicyclic) bond motifs is 1. The first-order valence-electron chi connectivity index (χ1n) is 9.29. The quantitative estimate of drug-likeness (QED) is 0.306. The second-order valence-electron chi connectivity index (χ2n) is 6.85. The van der Waals surface area contributed by atoms with Gasteiger partial charge in [0.25, 0.3) is 0 Å². The molecule has 1 aliphatic rings. The highest BCUT2D eigenvalue weighted by atomic mass is 16.6. The standard InChI is InChI=1S/C18H23N5O7/c1-2-9(4-3-5-11(25)26)18(28)30-14-10(6-24)29-17(13(14)27)23-8-22-12-15(19)20-7-21-16(12)23/h2,7-10,13-14,17,24,27H,1,3-6H2,(H,25,26)(H2,19,20,21)/t9?,10-,13-,14-,17-/m1/s1. The van der Waals surface area contributed by atoms with Crippen LogP contribution in [0.15, 0.2) is 25.3 Å². The molecule has 0 aliphatic carbocycles. The fourth-order valence-electron chi connectivity index (χ4n) is 3.32. The van der Waals surface area contributed by atoms with Crippen molar-refractivity contribution in [2.75, 3.05) is 12.3 Å². The number of ether oxygens (including phenoxy) is 2. The molecule has 3 heterocycles. The summed E-state index contributed by atoms with van der Waals surface area (Å²) in [5.41, 5.74) is 6.40. The van der Waals surface area contributed by atoms with Crippen LogP contribution in [0.5, 0.6) is 0 Å². The van der Waals surface area contributed by atoms with Crippen molar-refractivity contribution < 1.29 is 34.4 Å². The first-order chi connectivity index (χ1) is 14.4. The number of aliphatic hydroxyl groups is 2. The molecule has 0 saturated carbocycles. The van der Waals surface area contributed by atoms with Gasteiger partial charge >= 0.3 is 11.9 Å². The van der Waals surface area contributed by atoms with Gasteiger partial charge in [0.15, 0.2) is 23.8 Å². The van der Waals surface area contributed by atoms with E-state index in [0.29, 0.717) is 11.2 Å². The number of carbonyl (C=O) groups is 2. The first kappa shape index (κ1) is 21.6. The van der Waals surface area contributed by atoms with Crippen LogP contribution in [0.3, 0.4) is 0 Å². The number of carbonyl (C=O) groups excluding carboxylic acids is 1. The van der Waals surface area contributed by atoms with E-state index in [1.54, 1.807) is 0 Å². The Hall–Kier alpha value is -3.09. The lowest BCUT2D eigenvalue weighted by Gasteiger charge is -2.22. The van der Waals surface area contributed by atoms with Gasteiger partial charge in [0.2, 0.25) is 0 Å². The van der Waals surface area contributed by atoms with Crippen molar-refractivity contribution in [2.45, 2.75) is 43.8 Å². The van der Waals surface area contributed by atoms with Gasteiger partial charge in [-0.25, -0.2) is 15.0 Å². The smallest absolute Gasteiger partial charge is 0.313 e. The number of imidazole rings is 1. The number of hydrogen-bond acceptors (Lipinski definition) is 10. The van der Waals surface area contributed by atoms with Crippen LogP contribution in [0, 0.1) is 5.92 Å². The van der Waals surface area contributed by atoms with Crippen LogP contribution in [0.2, 0.25) is 0 Å². The molecule has 1 aliphatic heterocycles. The minimum atomic E-state index is -1.33. The highest BCUT2D eigenvalue weighted by Crippen LogP contribution is 2.34. The number of hydrogen-bond donors (Lipinski definition) is 4. The predicted octanol–water partition coefficient (Wildman–Crippen LogP) is -0.372. The topological polar surface area (TPSA) is 183 Å². The Bertz CT molecular complexity index is 933. The van der Waals surface area contributed by atoms with Crippen molar-refractivity contribution >= 4 is 28.9 Å². The van der Waals surface area contributed by atoms with Crippen molar-refractivity contribution in [3.05, 3.63) is 25.3 Å². The van der Waals surface area contributed by atoms with Crippen molar-refractivity contribution in [3.8, 4) is 0 Å². The third-order valence-electron chi connectivity index (χ3n) is 4.90. The number of aliphatic carboxylic acids is 1. The molecule has 3 rings (SSSR count). The molecule has 1 fully saturated rings. The maximum Gasteiger partial charge on any atom is 0.313 e. The fraction of sp³-hybridized carbons (Fsp3) is 0.500. The van der Waals surface area contributed by atoms with Crippen LogP contribution in [-0.4, -0.2) is 71.7 Å². The van der Waals surface area contributed by atoms with E-state index in [0.717, 1.165) is 0 Å². The average molecular weight is 421 g/mol. The summed E-state index contributed by atoms with van der Waals surface area (Å²) in [6, 6.07) is 0. The maximum atomic E-state index is 12.5. The lowest BCUT2D eigenvalue weighted by atomic mass is 10.0. The lowest BCUT2D eigenvalue weighted by molar-refractivity contribution is -0.160. The second kappa shape index (κ2) is 9.15. The fourth-order valence-corrected chi connectivity index (χ4v) is 3.32. The first-order valence-corrected chi connectivity index (χ1v) is 9.29. The lowest BCUT2D eigenvalue weighted by Crippen LogP contribution is -2.39. The molecule has 0 amide bonds. The minimum Gasteiger partial charge on any atom is -0.481 e. The molecule has 162 valence electrons. The number of nitrogens with zero attached hydrogens (tertiary/aromatic N) is 4. The number of nitrogens with two attached hydrogens (primary N) is 1. The number of aromatic nitrogens is 4. The molecular formula is C18H23N5O7. The highest BCUT2D eigenvalue weighted by molar-refractivity contribution is 5.81. The Morgan fingerprint density at radius 2 is 2.17 bits per heavy atom. The van der Waals surface area contributed by atoms with Gasteiger partial charge in [-0.1, -0.05) is 6.08 Å². The number of carboxylic acids is 1. The summed E-state index contributed by atoms with van der Waals surface area (Å²) in [5.74, 6) is -2.25. The van der Waals surface area contributed by atoms with Crippen molar-refractivity contribution in [2.24, 2.45) is 5.92 Å². The number of carboxylic acid groups (broad SMARTS) is 1.